The van der Waals surface area contributed by atoms with Gasteiger partial charge in [0.05, 0.1) is 5.56 Å². The molecule has 1 aliphatic rings. The van der Waals surface area contributed by atoms with Crippen molar-refractivity contribution in [2.45, 2.75) is 26.7 Å². The van der Waals surface area contributed by atoms with Crippen molar-refractivity contribution in [1.29, 1.82) is 0 Å². The van der Waals surface area contributed by atoms with Crippen LogP contribution in [-0.2, 0) is 4.79 Å². The SMILES string of the molecule is Cc1ccc(NC(=O)C2CCN(C(=O)c3ccccc3F)CC2)c(C)c1. The average Bonchev–Trinajstić information content (AvgIpc) is 2.64. The summed E-state index contributed by atoms with van der Waals surface area (Å²) in [7, 11) is 0. The summed E-state index contributed by atoms with van der Waals surface area (Å²) in [6.07, 6.45) is 1.16. The van der Waals surface area contributed by atoms with Crippen molar-refractivity contribution in [3.8, 4) is 0 Å². The minimum atomic E-state index is -0.507. The summed E-state index contributed by atoms with van der Waals surface area (Å²) in [5, 5.41) is 2.99. The van der Waals surface area contributed by atoms with Gasteiger partial charge in [-0.05, 0) is 50.5 Å². The van der Waals surface area contributed by atoms with E-state index in [9.17, 15) is 14.0 Å². The molecule has 5 heteroatoms. The molecule has 1 saturated heterocycles. The molecule has 2 aromatic rings. The van der Waals surface area contributed by atoms with Gasteiger partial charge in [0.25, 0.3) is 5.91 Å². The van der Waals surface area contributed by atoms with Gasteiger partial charge in [-0.2, -0.15) is 0 Å². The van der Waals surface area contributed by atoms with E-state index in [1.807, 2.05) is 32.0 Å². The van der Waals surface area contributed by atoms with Crippen molar-refractivity contribution >= 4 is 17.5 Å². The Labute approximate surface area is 153 Å². The number of aryl methyl sites for hydroxylation is 2. The first kappa shape index (κ1) is 18.1. The number of hydrogen-bond donors (Lipinski definition) is 1. The van der Waals surface area contributed by atoms with E-state index >= 15 is 0 Å². The topological polar surface area (TPSA) is 49.4 Å². The van der Waals surface area contributed by atoms with Gasteiger partial charge in [-0.15, -0.1) is 0 Å². The molecule has 1 heterocycles. The Kier molecular flexibility index (Phi) is 5.35. The second-order valence-corrected chi connectivity index (χ2v) is 6.85. The van der Waals surface area contributed by atoms with Crippen LogP contribution in [0.2, 0.25) is 0 Å². The van der Waals surface area contributed by atoms with Gasteiger partial charge in [0.1, 0.15) is 5.82 Å². The third kappa shape index (κ3) is 3.93. The number of carbonyl (C=O) groups excluding carboxylic acids is 2. The van der Waals surface area contributed by atoms with E-state index in [-0.39, 0.29) is 23.3 Å². The number of piperidine rings is 1. The fourth-order valence-corrected chi connectivity index (χ4v) is 3.34. The smallest absolute Gasteiger partial charge is 0.256 e. The predicted octanol–water partition coefficient (Wildman–Crippen LogP) is 3.93. The maximum Gasteiger partial charge on any atom is 0.256 e. The Hall–Kier alpha value is -2.69. The Morgan fingerprint density at radius 2 is 1.77 bits per heavy atom. The normalized spacial score (nSPS) is 15.0. The van der Waals surface area contributed by atoms with E-state index < -0.39 is 5.82 Å². The quantitative estimate of drug-likeness (QED) is 0.908. The summed E-state index contributed by atoms with van der Waals surface area (Å²) in [4.78, 5) is 26.6. The predicted molar refractivity (Wildman–Crippen MR) is 99.6 cm³/mol. The van der Waals surface area contributed by atoms with Crippen LogP contribution in [-0.4, -0.2) is 29.8 Å². The molecule has 0 spiro atoms. The highest BCUT2D eigenvalue weighted by atomic mass is 19.1. The number of nitrogens with zero attached hydrogens (tertiary/aromatic N) is 1. The number of nitrogens with one attached hydrogen (secondary N) is 1. The molecular formula is C21H23FN2O2. The van der Waals surface area contributed by atoms with Crippen molar-refractivity contribution < 1.29 is 14.0 Å². The van der Waals surface area contributed by atoms with Crippen LogP contribution in [0.4, 0.5) is 10.1 Å². The van der Waals surface area contributed by atoms with Gasteiger partial charge in [-0.25, -0.2) is 4.39 Å². The van der Waals surface area contributed by atoms with Gasteiger partial charge in [0.2, 0.25) is 5.91 Å². The minimum absolute atomic E-state index is 0.0186. The molecule has 1 fully saturated rings. The van der Waals surface area contributed by atoms with Crippen LogP contribution < -0.4 is 5.32 Å². The summed E-state index contributed by atoms with van der Waals surface area (Å²) >= 11 is 0. The first-order valence-electron chi connectivity index (χ1n) is 8.87. The first-order chi connectivity index (χ1) is 12.5. The molecule has 0 bridgehead atoms. The zero-order valence-corrected chi connectivity index (χ0v) is 15.1. The lowest BCUT2D eigenvalue weighted by Gasteiger charge is -2.31. The molecule has 2 aromatic carbocycles. The Morgan fingerprint density at radius 1 is 1.08 bits per heavy atom. The highest BCUT2D eigenvalue weighted by Gasteiger charge is 2.28. The maximum absolute atomic E-state index is 13.8. The molecule has 0 unspecified atom stereocenters. The molecule has 0 aromatic heterocycles. The molecule has 3 rings (SSSR count). The largest absolute Gasteiger partial charge is 0.339 e. The van der Waals surface area contributed by atoms with Crippen molar-refractivity contribution in [2.75, 3.05) is 18.4 Å². The molecule has 1 N–H and O–H groups in total. The molecule has 136 valence electrons. The van der Waals surface area contributed by atoms with Gasteiger partial charge < -0.3 is 10.2 Å². The summed E-state index contributed by atoms with van der Waals surface area (Å²) < 4.78 is 13.8. The van der Waals surface area contributed by atoms with Gasteiger partial charge >= 0.3 is 0 Å². The Bertz CT molecular complexity index is 827. The maximum atomic E-state index is 13.8. The number of carbonyl (C=O) groups is 2. The number of amides is 2. The Balaban J connectivity index is 1.59. The summed E-state index contributed by atoms with van der Waals surface area (Å²) in [6, 6.07) is 11.9. The molecule has 0 radical (unpaired) electrons. The van der Waals surface area contributed by atoms with E-state index in [2.05, 4.69) is 5.32 Å². The molecule has 0 aliphatic carbocycles. The summed E-state index contributed by atoms with van der Waals surface area (Å²) in [5.41, 5.74) is 3.10. The van der Waals surface area contributed by atoms with Crippen LogP contribution in [0.1, 0.15) is 34.3 Å². The minimum Gasteiger partial charge on any atom is -0.339 e. The van der Waals surface area contributed by atoms with Crippen molar-refractivity contribution in [3.63, 3.8) is 0 Å². The van der Waals surface area contributed by atoms with Crippen LogP contribution in [0.3, 0.4) is 0 Å². The van der Waals surface area contributed by atoms with E-state index in [1.165, 1.54) is 12.1 Å². The molecule has 2 amide bonds. The fraction of sp³-hybridized carbons (Fsp3) is 0.333. The summed E-state index contributed by atoms with van der Waals surface area (Å²) in [5.74, 6) is -0.973. The lowest BCUT2D eigenvalue weighted by molar-refractivity contribution is -0.121. The second kappa shape index (κ2) is 7.68. The van der Waals surface area contributed by atoms with Crippen molar-refractivity contribution in [2.24, 2.45) is 5.92 Å². The van der Waals surface area contributed by atoms with Crippen LogP contribution in [0.15, 0.2) is 42.5 Å². The summed E-state index contributed by atoms with van der Waals surface area (Å²) in [6.45, 7) is 4.90. The van der Waals surface area contributed by atoms with E-state index in [1.54, 1.807) is 17.0 Å². The molecule has 0 atom stereocenters. The van der Waals surface area contributed by atoms with Crippen molar-refractivity contribution in [1.82, 2.24) is 4.90 Å². The van der Waals surface area contributed by atoms with Crippen LogP contribution in [0, 0.1) is 25.6 Å². The first-order valence-corrected chi connectivity index (χ1v) is 8.87. The highest BCUT2D eigenvalue weighted by Crippen LogP contribution is 2.23. The number of likely N-dealkylation sites (tertiary alicyclic amines) is 1. The number of anilines is 1. The fourth-order valence-electron chi connectivity index (χ4n) is 3.34. The lowest BCUT2D eigenvalue weighted by Crippen LogP contribution is -2.41. The standard InChI is InChI=1S/C21H23FN2O2/c1-14-7-8-19(15(2)13-14)23-20(25)16-9-11-24(12-10-16)21(26)17-5-3-4-6-18(17)22/h3-8,13,16H,9-12H2,1-2H3,(H,23,25). The van der Waals surface area contributed by atoms with Crippen LogP contribution in [0.5, 0.6) is 0 Å². The zero-order valence-electron chi connectivity index (χ0n) is 15.1. The van der Waals surface area contributed by atoms with Crippen LogP contribution in [0.25, 0.3) is 0 Å². The number of rotatable bonds is 3. The third-order valence-corrected chi connectivity index (χ3v) is 4.90. The number of hydrogen-bond acceptors (Lipinski definition) is 2. The van der Waals surface area contributed by atoms with E-state index in [0.29, 0.717) is 25.9 Å². The lowest BCUT2D eigenvalue weighted by atomic mass is 9.95. The molecule has 0 saturated carbocycles. The molecule has 4 nitrogen and oxygen atoms in total. The van der Waals surface area contributed by atoms with Gasteiger partial charge in [-0.1, -0.05) is 29.8 Å². The number of benzene rings is 2. The molecule has 1 aliphatic heterocycles. The van der Waals surface area contributed by atoms with Gasteiger partial charge in [-0.3, -0.25) is 9.59 Å². The number of halogens is 1. The Morgan fingerprint density at radius 3 is 2.42 bits per heavy atom. The third-order valence-electron chi connectivity index (χ3n) is 4.90. The van der Waals surface area contributed by atoms with Gasteiger partial charge in [0, 0.05) is 24.7 Å². The van der Waals surface area contributed by atoms with Gasteiger partial charge in [0.15, 0.2) is 0 Å². The highest BCUT2D eigenvalue weighted by molar-refractivity contribution is 5.95. The van der Waals surface area contributed by atoms with E-state index in [0.717, 1.165) is 16.8 Å². The second-order valence-electron chi connectivity index (χ2n) is 6.85. The monoisotopic (exact) mass is 354 g/mol. The van der Waals surface area contributed by atoms with Crippen LogP contribution >= 0.6 is 0 Å². The molecule has 26 heavy (non-hydrogen) atoms. The average molecular weight is 354 g/mol. The van der Waals surface area contributed by atoms with Crippen molar-refractivity contribution in [3.05, 3.63) is 65.0 Å². The molecular weight excluding hydrogens is 331 g/mol. The zero-order chi connectivity index (χ0) is 18.7. The van der Waals surface area contributed by atoms with E-state index in [4.69, 9.17) is 0 Å².